The highest BCUT2D eigenvalue weighted by Gasteiger charge is 1.94. The molecule has 4 heteroatoms. The second-order valence-corrected chi connectivity index (χ2v) is 3.88. The maximum Gasteiger partial charge on any atom is 0.124 e. The average molecular weight is 247 g/mol. The topological polar surface area (TPSA) is 44.6 Å². The molecule has 3 nitrogen and oxygen atoms in total. The van der Waals surface area contributed by atoms with Gasteiger partial charge >= 0.3 is 0 Å². The molecule has 0 aliphatic carbocycles. The first-order valence-electron chi connectivity index (χ1n) is 5.08. The normalized spacial score (nSPS) is 10.6. The summed E-state index contributed by atoms with van der Waals surface area (Å²) in [7, 11) is 0. The SMILES string of the molecule is Oc1ccccc1C=NNc1cccc(Cl)c1. The number of phenolic OH excluding ortho intramolecular Hbond substituents is 1. The Morgan fingerprint density at radius 2 is 1.94 bits per heavy atom. The van der Waals surface area contributed by atoms with Gasteiger partial charge < -0.3 is 5.11 Å². The molecule has 0 aromatic heterocycles. The summed E-state index contributed by atoms with van der Waals surface area (Å²) in [6.45, 7) is 0. The van der Waals surface area contributed by atoms with Crippen molar-refractivity contribution in [1.29, 1.82) is 0 Å². The molecule has 0 radical (unpaired) electrons. The van der Waals surface area contributed by atoms with Crippen molar-refractivity contribution < 1.29 is 5.11 Å². The third-order valence-corrected chi connectivity index (χ3v) is 2.39. The quantitative estimate of drug-likeness (QED) is 0.643. The van der Waals surface area contributed by atoms with Crippen LogP contribution in [0, 0.1) is 0 Å². The van der Waals surface area contributed by atoms with E-state index in [1.807, 2.05) is 18.2 Å². The maximum absolute atomic E-state index is 9.51. The van der Waals surface area contributed by atoms with Crippen molar-refractivity contribution >= 4 is 23.5 Å². The van der Waals surface area contributed by atoms with Gasteiger partial charge in [0.15, 0.2) is 0 Å². The van der Waals surface area contributed by atoms with Crippen LogP contribution in [0.1, 0.15) is 5.56 Å². The molecule has 0 atom stereocenters. The first kappa shape index (κ1) is 11.5. The number of hydrazone groups is 1. The number of para-hydroxylation sites is 1. The highest BCUT2D eigenvalue weighted by atomic mass is 35.5. The molecule has 2 aromatic carbocycles. The van der Waals surface area contributed by atoms with Gasteiger partial charge in [-0.3, -0.25) is 5.43 Å². The summed E-state index contributed by atoms with van der Waals surface area (Å²) in [5.41, 5.74) is 4.29. The Morgan fingerprint density at radius 1 is 1.12 bits per heavy atom. The Bertz CT molecular complexity index is 540. The van der Waals surface area contributed by atoms with E-state index in [1.165, 1.54) is 0 Å². The van der Waals surface area contributed by atoms with Gasteiger partial charge in [-0.1, -0.05) is 29.8 Å². The van der Waals surface area contributed by atoms with Gasteiger partial charge in [0, 0.05) is 10.6 Å². The number of aromatic hydroxyl groups is 1. The number of hydrogen-bond acceptors (Lipinski definition) is 3. The fourth-order valence-corrected chi connectivity index (χ4v) is 1.52. The summed E-state index contributed by atoms with van der Waals surface area (Å²) in [4.78, 5) is 0. The van der Waals surface area contributed by atoms with Crippen molar-refractivity contribution in [3.63, 3.8) is 0 Å². The van der Waals surface area contributed by atoms with Gasteiger partial charge in [-0.05, 0) is 30.3 Å². The number of anilines is 1. The van der Waals surface area contributed by atoms with Crippen LogP contribution in [0.5, 0.6) is 5.75 Å². The summed E-state index contributed by atoms with van der Waals surface area (Å²) in [5.74, 6) is 0.198. The molecule has 0 aliphatic heterocycles. The Kier molecular flexibility index (Phi) is 3.62. The van der Waals surface area contributed by atoms with E-state index in [9.17, 15) is 5.11 Å². The highest BCUT2D eigenvalue weighted by molar-refractivity contribution is 6.30. The molecule has 0 unspecified atom stereocenters. The molecule has 0 saturated heterocycles. The Hall–Kier alpha value is -2.00. The molecule has 86 valence electrons. The molecule has 0 amide bonds. The summed E-state index contributed by atoms with van der Waals surface area (Å²) in [6.07, 6.45) is 1.55. The molecule has 0 bridgehead atoms. The molecule has 0 aliphatic rings. The minimum atomic E-state index is 0.198. The predicted octanol–water partition coefficient (Wildman–Crippen LogP) is 3.49. The van der Waals surface area contributed by atoms with Crippen LogP contribution in [0.2, 0.25) is 5.02 Å². The number of hydrogen-bond donors (Lipinski definition) is 2. The van der Waals surface area contributed by atoms with Gasteiger partial charge in [0.25, 0.3) is 0 Å². The number of phenols is 1. The maximum atomic E-state index is 9.51. The van der Waals surface area contributed by atoms with E-state index in [2.05, 4.69) is 10.5 Å². The molecule has 0 heterocycles. The van der Waals surface area contributed by atoms with Crippen molar-refractivity contribution in [3.8, 4) is 5.75 Å². The van der Waals surface area contributed by atoms with Crippen LogP contribution >= 0.6 is 11.6 Å². The van der Waals surface area contributed by atoms with E-state index in [0.29, 0.717) is 10.6 Å². The zero-order chi connectivity index (χ0) is 12.1. The van der Waals surface area contributed by atoms with E-state index in [1.54, 1.807) is 36.5 Å². The Labute approximate surface area is 104 Å². The highest BCUT2D eigenvalue weighted by Crippen LogP contribution is 2.15. The standard InChI is InChI=1S/C13H11ClN2O/c14-11-5-3-6-12(8-11)16-15-9-10-4-1-2-7-13(10)17/h1-9,16-17H. The van der Waals surface area contributed by atoms with E-state index < -0.39 is 0 Å². The van der Waals surface area contributed by atoms with Crippen molar-refractivity contribution in [1.82, 2.24) is 0 Å². The van der Waals surface area contributed by atoms with Crippen LogP contribution in [-0.4, -0.2) is 11.3 Å². The Morgan fingerprint density at radius 3 is 2.71 bits per heavy atom. The minimum Gasteiger partial charge on any atom is -0.507 e. The van der Waals surface area contributed by atoms with Crippen molar-refractivity contribution in [2.45, 2.75) is 0 Å². The minimum absolute atomic E-state index is 0.198. The molecule has 0 saturated carbocycles. The molecule has 2 rings (SSSR count). The van der Waals surface area contributed by atoms with Gasteiger partial charge in [0.2, 0.25) is 0 Å². The molecule has 2 N–H and O–H groups in total. The number of benzene rings is 2. The molecular weight excluding hydrogens is 236 g/mol. The predicted molar refractivity (Wildman–Crippen MR) is 70.8 cm³/mol. The summed E-state index contributed by atoms with van der Waals surface area (Å²) in [6, 6.07) is 14.2. The molecule has 17 heavy (non-hydrogen) atoms. The monoisotopic (exact) mass is 246 g/mol. The van der Waals surface area contributed by atoms with Crippen LogP contribution in [0.25, 0.3) is 0 Å². The molecular formula is C13H11ClN2O. The summed E-state index contributed by atoms with van der Waals surface area (Å²) in [5, 5.41) is 14.2. The van der Waals surface area contributed by atoms with E-state index >= 15 is 0 Å². The van der Waals surface area contributed by atoms with E-state index in [4.69, 9.17) is 11.6 Å². The summed E-state index contributed by atoms with van der Waals surface area (Å²) >= 11 is 5.83. The summed E-state index contributed by atoms with van der Waals surface area (Å²) < 4.78 is 0. The van der Waals surface area contributed by atoms with Gasteiger partial charge in [-0.2, -0.15) is 5.10 Å². The van der Waals surface area contributed by atoms with Crippen molar-refractivity contribution in [3.05, 3.63) is 59.1 Å². The fraction of sp³-hybridized carbons (Fsp3) is 0. The zero-order valence-corrected chi connectivity index (χ0v) is 9.72. The van der Waals surface area contributed by atoms with Crippen LogP contribution in [0.3, 0.4) is 0 Å². The zero-order valence-electron chi connectivity index (χ0n) is 8.97. The van der Waals surface area contributed by atoms with Crippen LogP contribution in [0.4, 0.5) is 5.69 Å². The second-order valence-electron chi connectivity index (χ2n) is 3.44. The van der Waals surface area contributed by atoms with E-state index in [0.717, 1.165) is 5.69 Å². The third-order valence-electron chi connectivity index (χ3n) is 2.16. The van der Waals surface area contributed by atoms with Crippen molar-refractivity contribution in [2.75, 3.05) is 5.43 Å². The van der Waals surface area contributed by atoms with Crippen LogP contribution < -0.4 is 5.43 Å². The van der Waals surface area contributed by atoms with Crippen molar-refractivity contribution in [2.24, 2.45) is 5.10 Å². The van der Waals surface area contributed by atoms with Gasteiger partial charge in [0.1, 0.15) is 5.75 Å². The third kappa shape index (κ3) is 3.23. The first-order valence-corrected chi connectivity index (χ1v) is 5.46. The van der Waals surface area contributed by atoms with E-state index in [-0.39, 0.29) is 5.75 Å². The lowest BCUT2D eigenvalue weighted by Gasteiger charge is -2.00. The number of rotatable bonds is 3. The largest absolute Gasteiger partial charge is 0.507 e. The smallest absolute Gasteiger partial charge is 0.124 e. The fourth-order valence-electron chi connectivity index (χ4n) is 1.33. The number of nitrogens with one attached hydrogen (secondary N) is 1. The van der Waals surface area contributed by atoms with Gasteiger partial charge in [-0.25, -0.2) is 0 Å². The van der Waals surface area contributed by atoms with Gasteiger partial charge in [-0.15, -0.1) is 0 Å². The lowest BCUT2D eigenvalue weighted by atomic mass is 10.2. The van der Waals surface area contributed by atoms with Gasteiger partial charge in [0.05, 0.1) is 11.9 Å². The molecule has 0 spiro atoms. The average Bonchev–Trinajstić information content (AvgIpc) is 2.32. The molecule has 0 fully saturated rings. The first-order chi connectivity index (χ1) is 8.25. The lowest BCUT2D eigenvalue weighted by molar-refractivity contribution is 0.474. The number of nitrogens with zero attached hydrogens (tertiary/aromatic N) is 1. The number of halogens is 1. The Balaban J connectivity index is 2.06. The van der Waals surface area contributed by atoms with Crippen LogP contribution in [0.15, 0.2) is 53.6 Å². The molecule has 2 aromatic rings. The second kappa shape index (κ2) is 5.37. The van der Waals surface area contributed by atoms with Crippen LogP contribution in [-0.2, 0) is 0 Å². The lowest BCUT2D eigenvalue weighted by Crippen LogP contribution is -1.90.